The van der Waals surface area contributed by atoms with Gasteiger partial charge >= 0.3 is 0 Å². The number of hydrogen-bond acceptors (Lipinski definition) is 5. The zero-order chi connectivity index (χ0) is 14.7. The SMILES string of the molecule is COc1ccc(C(C)Nc2cc(N)c(C(N)=O)s2)cc1. The predicted octanol–water partition coefficient (Wildman–Crippen LogP) is 2.61. The molecule has 1 aromatic heterocycles. The van der Waals surface area contributed by atoms with Crippen molar-refractivity contribution >= 4 is 27.9 Å². The molecule has 0 radical (unpaired) electrons. The molecule has 1 unspecified atom stereocenters. The summed E-state index contributed by atoms with van der Waals surface area (Å²) >= 11 is 1.26. The minimum absolute atomic E-state index is 0.0830. The number of carbonyl (C=O) groups is 1. The van der Waals surface area contributed by atoms with E-state index in [1.165, 1.54) is 11.3 Å². The van der Waals surface area contributed by atoms with Crippen LogP contribution < -0.4 is 21.5 Å². The lowest BCUT2D eigenvalue weighted by atomic mass is 10.1. The molecule has 106 valence electrons. The highest BCUT2D eigenvalue weighted by molar-refractivity contribution is 7.18. The number of nitrogens with one attached hydrogen (secondary N) is 1. The second-order valence-electron chi connectivity index (χ2n) is 4.40. The Balaban J connectivity index is 2.12. The van der Waals surface area contributed by atoms with Crippen molar-refractivity contribution in [1.82, 2.24) is 0 Å². The average molecular weight is 291 g/mol. The van der Waals surface area contributed by atoms with Crippen molar-refractivity contribution in [3.63, 3.8) is 0 Å². The quantitative estimate of drug-likeness (QED) is 0.789. The highest BCUT2D eigenvalue weighted by Gasteiger charge is 2.13. The van der Waals surface area contributed by atoms with E-state index >= 15 is 0 Å². The molecular formula is C14H17N3O2S. The number of nitrogen functional groups attached to an aromatic ring is 1. The molecule has 0 saturated heterocycles. The topological polar surface area (TPSA) is 90.4 Å². The summed E-state index contributed by atoms with van der Waals surface area (Å²) in [6.45, 7) is 2.03. The number of methoxy groups -OCH3 is 1. The Labute approximate surface area is 121 Å². The number of thiophene rings is 1. The molecule has 0 aliphatic carbocycles. The van der Waals surface area contributed by atoms with Crippen molar-refractivity contribution < 1.29 is 9.53 Å². The fourth-order valence-corrected chi connectivity index (χ4v) is 2.78. The first-order chi connectivity index (χ1) is 9.51. The lowest BCUT2D eigenvalue weighted by Gasteiger charge is -2.14. The van der Waals surface area contributed by atoms with Gasteiger partial charge in [0, 0.05) is 6.04 Å². The van der Waals surface area contributed by atoms with E-state index in [4.69, 9.17) is 16.2 Å². The smallest absolute Gasteiger partial charge is 0.260 e. The van der Waals surface area contributed by atoms with Gasteiger partial charge in [-0.3, -0.25) is 4.79 Å². The van der Waals surface area contributed by atoms with E-state index in [1.807, 2.05) is 31.2 Å². The van der Waals surface area contributed by atoms with E-state index in [9.17, 15) is 4.79 Å². The van der Waals surface area contributed by atoms with Gasteiger partial charge in [-0.25, -0.2) is 0 Å². The maximum absolute atomic E-state index is 11.2. The fraction of sp³-hybridized carbons (Fsp3) is 0.214. The zero-order valence-electron chi connectivity index (χ0n) is 11.3. The summed E-state index contributed by atoms with van der Waals surface area (Å²) < 4.78 is 5.13. The molecule has 5 N–H and O–H groups in total. The van der Waals surface area contributed by atoms with E-state index < -0.39 is 5.91 Å². The molecule has 1 atom stereocenters. The van der Waals surface area contributed by atoms with Crippen LogP contribution in [0.25, 0.3) is 0 Å². The minimum Gasteiger partial charge on any atom is -0.497 e. The average Bonchev–Trinajstić information content (AvgIpc) is 2.79. The van der Waals surface area contributed by atoms with Gasteiger partial charge in [0.15, 0.2) is 0 Å². The van der Waals surface area contributed by atoms with Gasteiger partial charge in [-0.1, -0.05) is 12.1 Å². The van der Waals surface area contributed by atoms with Crippen molar-refractivity contribution in [2.45, 2.75) is 13.0 Å². The molecule has 0 aliphatic rings. The first-order valence-electron chi connectivity index (χ1n) is 6.11. The molecule has 6 heteroatoms. The van der Waals surface area contributed by atoms with Gasteiger partial charge in [0.05, 0.1) is 17.8 Å². The number of nitrogens with two attached hydrogens (primary N) is 2. The molecule has 2 rings (SSSR count). The summed E-state index contributed by atoms with van der Waals surface area (Å²) in [6.07, 6.45) is 0. The predicted molar refractivity (Wildman–Crippen MR) is 82.3 cm³/mol. The van der Waals surface area contributed by atoms with Crippen LogP contribution in [0.5, 0.6) is 5.75 Å². The molecule has 5 nitrogen and oxygen atoms in total. The molecule has 0 bridgehead atoms. The second kappa shape index (κ2) is 5.83. The van der Waals surface area contributed by atoms with E-state index in [0.29, 0.717) is 10.6 Å². The first kappa shape index (κ1) is 14.2. The van der Waals surface area contributed by atoms with Gasteiger partial charge in [-0.2, -0.15) is 0 Å². The molecule has 0 saturated carbocycles. The van der Waals surface area contributed by atoms with Crippen molar-refractivity contribution in [3.05, 3.63) is 40.8 Å². The Hall–Kier alpha value is -2.21. The van der Waals surface area contributed by atoms with Crippen molar-refractivity contribution in [1.29, 1.82) is 0 Å². The van der Waals surface area contributed by atoms with Crippen molar-refractivity contribution in [2.75, 3.05) is 18.2 Å². The highest BCUT2D eigenvalue weighted by atomic mass is 32.1. The van der Waals surface area contributed by atoms with E-state index in [0.717, 1.165) is 16.3 Å². The Morgan fingerprint density at radius 3 is 2.50 bits per heavy atom. The Morgan fingerprint density at radius 1 is 1.35 bits per heavy atom. The van der Waals surface area contributed by atoms with Crippen LogP contribution in [0.1, 0.15) is 28.2 Å². The van der Waals surface area contributed by atoms with E-state index in [1.54, 1.807) is 13.2 Å². The molecular weight excluding hydrogens is 274 g/mol. The Bertz CT molecular complexity index is 607. The van der Waals surface area contributed by atoms with Crippen LogP contribution in [0.2, 0.25) is 0 Å². The number of ether oxygens (including phenoxy) is 1. The summed E-state index contributed by atoms with van der Waals surface area (Å²) in [7, 11) is 1.64. The lowest BCUT2D eigenvalue weighted by Crippen LogP contribution is -2.10. The molecule has 1 aromatic carbocycles. The molecule has 0 spiro atoms. The van der Waals surface area contributed by atoms with Crippen LogP contribution >= 0.6 is 11.3 Å². The van der Waals surface area contributed by atoms with Crippen LogP contribution in [0.15, 0.2) is 30.3 Å². The number of benzene rings is 1. The number of primary amides is 1. The van der Waals surface area contributed by atoms with E-state index in [2.05, 4.69) is 5.32 Å². The van der Waals surface area contributed by atoms with Crippen LogP contribution in [0.4, 0.5) is 10.7 Å². The van der Waals surface area contributed by atoms with Gasteiger partial charge in [-0.15, -0.1) is 11.3 Å². The Morgan fingerprint density at radius 2 is 2.00 bits per heavy atom. The van der Waals surface area contributed by atoms with Gasteiger partial charge in [0.1, 0.15) is 10.6 Å². The number of rotatable bonds is 5. The summed E-state index contributed by atoms with van der Waals surface area (Å²) in [6, 6.07) is 9.60. The van der Waals surface area contributed by atoms with Crippen LogP contribution in [0, 0.1) is 0 Å². The first-order valence-corrected chi connectivity index (χ1v) is 6.92. The maximum Gasteiger partial charge on any atom is 0.260 e. The third kappa shape index (κ3) is 3.03. The lowest BCUT2D eigenvalue weighted by molar-refractivity contribution is 0.100. The van der Waals surface area contributed by atoms with Crippen LogP contribution in [-0.2, 0) is 0 Å². The number of carbonyl (C=O) groups excluding carboxylic acids is 1. The summed E-state index contributed by atoms with van der Waals surface area (Å²) in [4.78, 5) is 11.6. The number of anilines is 2. The molecule has 0 fully saturated rings. The van der Waals surface area contributed by atoms with E-state index in [-0.39, 0.29) is 6.04 Å². The molecule has 2 aromatic rings. The minimum atomic E-state index is -0.502. The third-order valence-corrected chi connectivity index (χ3v) is 4.06. The van der Waals surface area contributed by atoms with Crippen LogP contribution in [0.3, 0.4) is 0 Å². The van der Waals surface area contributed by atoms with Crippen LogP contribution in [-0.4, -0.2) is 13.0 Å². The monoisotopic (exact) mass is 291 g/mol. The maximum atomic E-state index is 11.2. The zero-order valence-corrected chi connectivity index (χ0v) is 12.2. The largest absolute Gasteiger partial charge is 0.497 e. The van der Waals surface area contributed by atoms with Gasteiger partial charge in [0.25, 0.3) is 5.91 Å². The van der Waals surface area contributed by atoms with Crippen molar-refractivity contribution in [3.8, 4) is 5.75 Å². The summed E-state index contributed by atoms with van der Waals surface area (Å²) in [5.74, 6) is 0.315. The summed E-state index contributed by atoms with van der Waals surface area (Å²) in [5, 5.41) is 4.12. The molecule has 1 amide bonds. The molecule has 20 heavy (non-hydrogen) atoms. The summed E-state index contributed by atoms with van der Waals surface area (Å²) in [5.41, 5.74) is 12.5. The van der Waals surface area contributed by atoms with Gasteiger partial charge < -0.3 is 21.5 Å². The van der Waals surface area contributed by atoms with Gasteiger partial charge in [0.2, 0.25) is 0 Å². The molecule has 0 aliphatic heterocycles. The molecule has 1 heterocycles. The standard InChI is InChI=1S/C14H17N3O2S/c1-8(9-3-5-10(19-2)6-4-9)17-12-7-11(15)13(20-12)14(16)18/h3-8,17H,15H2,1-2H3,(H2,16,18). The second-order valence-corrected chi connectivity index (χ2v) is 5.45. The normalized spacial score (nSPS) is 11.9. The third-order valence-electron chi connectivity index (χ3n) is 2.96. The Kier molecular flexibility index (Phi) is 4.14. The fourth-order valence-electron chi connectivity index (χ4n) is 1.86. The number of amides is 1. The number of hydrogen-bond donors (Lipinski definition) is 3. The van der Waals surface area contributed by atoms with Gasteiger partial charge in [-0.05, 0) is 30.7 Å². The van der Waals surface area contributed by atoms with Crippen molar-refractivity contribution in [2.24, 2.45) is 5.73 Å². The highest BCUT2D eigenvalue weighted by Crippen LogP contribution is 2.31.